The van der Waals surface area contributed by atoms with Crippen LogP contribution in [0, 0.1) is 12.3 Å². The van der Waals surface area contributed by atoms with Crippen LogP contribution in [0.3, 0.4) is 0 Å². The molecule has 1 fully saturated rings. The number of hydroxylamine groups is 2. The van der Waals surface area contributed by atoms with Crippen molar-refractivity contribution in [3.8, 4) is 33.1 Å². The molecule has 1 aliphatic rings. The number of β-amino-alcohol motifs (C(OH)–C–C–N with tert-alkyl or cyclic N) is 1. The van der Waals surface area contributed by atoms with Gasteiger partial charge in [0, 0.05) is 50.6 Å². The van der Waals surface area contributed by atoms with Gasteiger partial charge in [0.15, 0.2) is 0 Å². The molecule has 1 aliphatic heterocycles. The average molecular weight is 831 g/mol. The van der Waals surface area contributed by atoms with Crippen molar-refractivity contribution in [2.24, 2.45) is 5.41 Å². The van der Waals surface area contributed by atoms with Gasteiger partial charge in [-0.05, 0) is 75.8 Å². The van der Waals surface area contributed by atoms with Crippen molar-refractivity contribution < 1.29 is 29.1 Å². The van der Waals surface area contributed by atoms with E-state index >= 15 is 0 Å². The van der Waals surface area contributed by atoms with E-state index in [-0.39, 0.29) is 38.6 Å². The van der Waals surface area contributed by atoms with E-state index in [9.17, 15) is 19.5 Å². The number of thiazole rings is 1. The molecule has 0 saturated carbocycles. The fourth-order valence-corrected chi connectivity index (χ4v) is 7.79. The zero-order chi connectivity index (χ0) is 39.3. The lowest BCUT2D eigenvalue weighted by Gasteiger charge is -2.40. The van der Waals surface area contributed by atoms with Crippen molar-refractivity contribution in [2.45, 2.75) is 65.8 Å². The number of carbonyl (C=O) groups is 3. The molecular weight excluding hydrogens is 786 g/mol. The van der Waals surface area contributed by atoms with Crippen LogP contribution in [-0.4, -0.2) is 90.5 Å². The van der Waals surface area contributed by atoms with E-state index in [1.54, 1.807) is 28.4 Å². The van der Waals surface area contributed by atoms with Crippen molar-refractivity contribution in [3.05, 3.63) is 100 Å². The van der Waals surface area contributed by atoms with Crippen LogP contribution in [0.15, 0.2) is 89.2 Å². The van der Waals surface area contributed by atoms with E-state index in [1.807, 2.05) is 100 Å². The van der Waals surface area contributed by atoms with Gasteiger partial charge in [-0.2, -0.15) is 5.10 Å². The van der Waals surface area contributed by atoms with Crippen molar-refractivity contribution in [2.75, 3.05) is 19.8 Å². The third kappa shape index (κ3) is 9.47. The van der Waals surface area contributed by atoms with Crippen LogP contribution in [0.1, 0.15) is 45.4 Å². The number of hydrogen-bond acceptors (Lipinski definition) is 10. The lowest BCUT2D eigenvalue weighted by Crippen LogP contribution is -2.58. The number of ether oxygens (including phenoxy) is 1. The zero-order valence-corrected chi connectivity index (χ0v) is 33.7. The highest BCUT2D eigenvalue weighted by Gasteiger charge is 2.47. The largest absolute Gasteiger partial charge is 0.491 e. The third-order valence-electron chi connectivity index (χ3n) is 9.20. The maximum absolute atomic E-state index is 14.3. The molecule has 55 heavy (non-hydrogen) atoms. The molecular formula is C40H44BrN7O6S. The quantitative estimate of drug-likeness (QED) is 0.108. The number of pyridine rings is 1. The second-order valence-corrected chi connectivity index (χ2v) is 16.1. The predicted molar refractivity (Wildman–Crippen MR) is 212 cm³/mol. The van der Waals surface area contributed by atoms with Gasteiger partial charge in [-0.25, -0.2) is 14.7 Å². The van der Waals surface area contributed by atoms with Gasteiger partial charge in [0.2, 0.25) is 17.7 Å². The van der Waals surface area contributed by atoms with Crippen LogP contribution < -0.4 is 10.1 Å². The number of aliphatic hydroxyl groups is 1. The summed E-state index contributed by atoms with van der Waals surface area (Å²) >= 11 is 5.16. The number of nitrogens with zero attached hydrogens (tertiary/aromatic N) is 6. The van der Waals surface area contributed by atoms with Gasteiger partial charge < -0.3 is 20.1 Å². The molecule has 1 saturated heterocycles. The second-order valence-electron chi connectivity index (χ2n) is 14.4. The van der Waals surface area contributed by atoms with Crippen LogP contribution in [0.25, 0.3) is 27.4 Å². The number of hydrogen-bond donors (Lipinski definition) is 2. The smallest absolute Gasteiger partial charge is 0.249 e. The lowest BCUT2D eigenvalue weighted by atomic mass is 9.85. The number of aromatic nitrogens is 4. The van der Waals surface area contributed by atoms with Crippen LogP contribution in [0.2, 0.25) is 0 Å². The van der Waals surface area contributed by atoms with Gasteiger partial charge in [0.05, 0.1) is 32.3 Å². The lowest BCUT2D eigenvalue weighted by molar-refractivity contribution is -0.215. The fraction of sp³-hybridized carbons (Fsp3) is 0.350. The molecule has 3 aromatic heterocycles. The molecule has 0 unspecified atom stereocenters. The third-order valence-corrected chi connectivity index (χ3v) is 10.8. The molecule has 0 spiro atoms. The topological polar surface area (TPSA) is 152 Å². The molecule has 5 aromatic rings. The van der Waals surface area contributed by atoms with Crippen molar-refractivity contribution in [1.82, 2.24) is 35.0 Å². The van der Waals surface area contributed by atoms with E-state index in [0.717, 1.165) is 48.2 Å². The average Bonchev–Trinajstić information content (AvgIpc) is 3.89. The van der Waals surface area contributed by atoms with Crippen LogP contribution >= 0.6 is 27.3 Å². The van der Waals surface area contributed by atoms with Crippen molar-refractivity contribution in [3.63, 3.8) is 0 Å². The number of nitrogens with one attached hydrogen (secondary N) is 1. The summed E-state index contributed by atoms with van der Waals surface area (Å²) in [7, 11) is 0. The Morgan fingerprint density at radius 3 is 2.38 bits per heavy atom. The highest BCUT2D eigenvalue weighted by atomic mass is 79.9. The zero-order valence-electron chi connectivity index (χ0n) is 31.3. The molecule has 13 nitrogen and oxygen atoms in total. The minimum absolute atomic E-state index is 0.0313. The Morgan fingerprint density at radius 1 is 1.04 bits per heavy atom. The molecule has 2 aromatic carbocycles. The molecule has 0 radical (unpaired) electrons. The molecule has 3 amide bonds. The van der Waals surface area contributed by atoms with Gasteiger partial charge in [0.25, 0.3) is 0 Å². The monoisotopic (exact) mass is 829 g/mol. The standard InChI is InChI=1S/C40H44BrN7O6S/c1-25-36(55-24-44-25)29-8-6-27(7-9-29)21-43-38(51)34-20-31(50)22-46(34)39(52)37(40(3,4)5)48(26(2)49)54-19-18-53-32-12-10-30(11-13-32)47-23-33(41)35(45-47)28-14-16-42-17-15-28/h6-17,23-24,31,34,37,50H,18-22H2,1-5H3,(H,43,51)/t31-,34+,37-/m1/s1. The summed E-state index contributed by atoms with van der Waals surface area (Å²) in [6.07, 6.45) is 4.50. The van der Waals surface area contributed by atoms with Gasteiger partial charge in [-0.3, -0.25) is 24.2 Å². The van der Waals surface area contributed by atoms with E-state index in [0.29, 0.717) is 5.75 Å². The Hall–Kier alpha value is -4.96. The molecule has 4 heterocycles. The molecule has 15 heteroatoms. The summed E-state index contributed by atoms with van der Waals surface area (Å²) < 4.78 is 8.52. The number of aliphatic hydroxyl groups excluding tert-OH is 1. The number of aryl methyl sites for hydroxylation is 1. The summed E-state index contributed by atoms with van der Waals surface area (Å²) in [4.78, 5) is 57.6. The molecule has 0 bridgehead atoms. The van der Waals surface area contributed by atoms with E-state index in [4.69, 9.17) is 14.7 Å². The molecule has 3 atom stereocenters. The first-order chi connectivity index (χ1) is 26.3. The number of likely N-dealkylation sites (tertiary alicyclic amines) is 1. The van der Waals surface area contributed by atoms with Gasteiger partial charge >= 0.3 is 0 Å². The minimum Gasteiger partial charge on any atom is -0.491 e. The number of carbonyl (C=O) groups excluding carboxylic acids is 3. The maximum atomic E-state index is 14.3. The SMILES string of the molecule is CC(=O)N(OCCOc1ccc(-n2cc(Br)c(-c3ccncc3)n2)cc1)[C@H](C(=O)N1C[C@H](O)C[C@H]1C(=O)NCc1ccc(-c2scnc2C)cc1)C(C)(C)C. The van der Waals surface area contributed by atoms with E-state index in [2.05, 4.69) is 31.2 Å². The van der Waals surface area contributed by atoms with Crippen molar-refractivity contribution >= 4 is 45.0 Å². The summed E-state index contributed by atoms with van der Waals surface area (Å²) in [5.74, 6) is -0.773. The summed E-state index contributed by atoms with van der Waals surface area (Å²) in [6.45, 7) is 9.02. The Kier molecular flexibility index (Phi) is 12.4. The van der Waals surface area contributed by atoms with E-state index in [1.165, 1.54) is 11.8 Å². The predicted octanol–water partition coefficient (Wildman–Crippen LogP) is 5.98. The highest BCUT2D eigenvalue weighted by Crippen LogP contribution is 2.32. The number of halogens is 1. The second kappa shape index (κ2) is 17.2. The normalized spacial score (nSPS) is 16.2. The highest BCUT2D eigenvalue weighted by molar-refractivity contribution is 9.10. The maximum Gasteiger partial charge on any atom is 0.249 e. The number of rotatable bonds is 13. The van der Waals surface area contributed by atoms with E-state index < -0.39 is 35.4 Å². The number of amides is 3. The van der Waals surface area contributed by atoms with Crippen molar-refractivity contribution in [1.29, 1.82) is 0 Å². The van der Waals surface area contributed by atoms with Crippen LogP contribution in [-0.2, 0) is 25.8 Å². The van der Waals surface area contributed by atoms with Gasteiger partial charge in [-0.15, -0.1) is 11.3 Å². The molecule has 6 rings (SSSR count). The fourth-order valence-electron chi connectivity index (χ4n) is 6.47. The number of benzene rings is 2. The summed E-state index contributed by atoms with van der Waals surface area (Å²) in [6, 6.07) is 17.0. The Bertz CT molecular complexity index is 2100. The Morgan fingerprint density at radius 2 is 1.75 bits per heavy atom. The molecule has 2 N–H and O–H groups in total. The molecule has 0 aliphatic carbocycles. The first-order valence-electron chi connectivity index (χ1n) is 17.9. The molecule has 288 valence electrons. The summed E-state index contributed by atoms with van der Waals surface area (Å²) in [5.41, 5.74) is 6.49. The summed E-state index contributed by atoms with van der Waals surface area (Å²) in [5, 5.41) is 19.3. The Labute approximate surface area is 332 Å². The first-order valence-corrected chi connectivity index (χ1v) is 19.5. The van der Waals surface area contributed by atoms with Gasteiger partial charge in [0.1, 0.15) is 36.7 Å². The Balaban J connectivity index is 1.06. The van der Waals surface area contributed by atoms with Gasteiger partial charge in [-0.1, -0.05) is 45.0 Å². The van der Waals surface area contributed by atoms with Crippen LogP contribution in [0.5, 0.6) is 5.75 Å². The minimum atomic E-state index is -1.09. The van der Waals surface area contributed by atoms with Crippen LogP contribution in [0.4, 0.5) is 0 Å². The first kappa shape index (κ1) is 39.7.